The second-order valence-electron chi connectivity index (χ2n) is 7.15. The Labute approximate surface area is 206 Å². The first-order valence-corrected chi connectivity index (χ1v) is 12.2. The number of nitriles is 1. The van der Waals surface area contributed by atoms with Crippen molar-refractivity contribution in [1.29, 1.82) is 5.26 Å². The molecule has 2 aromatic rings. The van der Waals surface area contributed by atoms with Crippen molar-refractivity contribution >= 4 is 52.3 Å². The van der Waals surface area contributed by atoms with E-state index >= 15 is 0 Å². The molecule has 1 aromatic heterocycles. The highest BCUT2D eigenvalue weighted by Gasteiger charge is 2.36. The van der Waals surface area contributed by atoms with Gasteiger partial charge in [0.1, 0.15) is 6.61 Å². The van der Waals surface area contributed by atoms with Crippen LogP contribution in [0.2, 0.25) is 5.02 Å². The molecule has 33 heavy (non-hydrogen) atoms. The molecule has 2 N–H and O–H groups in total. The van der Waals surface area contributed by atoms with Gasteiger partial charge in [-0.3, -0.25) is 4.79 Å². The maximum absolute atomic E-state index is 12.8. The standard InChI is InChI=1S/C24H22ClN3O3S2/c1-4-9-31-24(30)21-15(3)27-23(17(12-26)22(21)19-6-5-10-32-19)33-13-20(29)28-18-11-16(25)8-7-14(18)2/h4-8,10-11,22,27H,1,9,13H2,2-3H3,(H,28,29). The molecule has 0 saturated heterocycles. The van der Waals surface area contributed by atoms with Crippen LogP contribution in [0.4, 0.5) is 5.69 Å². The van der Waals surface area contributed by atoms with E-state index in [4.69, 9.17) is 16.3 Å². The summed E-state index contributed by atoms with van der Waals surface area (Å²) in [4.78, 5) is 26.2. The van der Waals surface area contributed by atoms with Crippen LogP contribution in [0.3, 0.4) is 0 Å². The molecule has 9 heteroatoms. The van der Waals surface area contributed by atoms with Gasteiger partial charge in [0.15, 0.2) is 0 Å². The summed E-state index contributed by atoms with van der Waals surface area (Å²) in [6.45, 7) is 7.28. The molecule has 0 bridgehead atoms. The van der Waals surface area contributed by atoms with Crippen molar-refractivity contribution in [2.45, 2.75) is 19.8 Å². The Bertz CT molecular complexity index is 1180. The molecule has 0 aliphatic carbocycles. The predicted octanol–water partition coefficient (Wildman–Crippen LogP) is 5.51. The topological polar surface area (TPSA) is 91.2 Å². The van der Waals surface area contributed by atoms with Gasteiger partial charge in [-0.05, 0) is 43.0 Å². The molecule has 1 amide bonds. The number of nitrogens with one attached hydrogen (secondary N) is 2. The Morgan fingerprint density at radius 1 is 1.39 bits per heavy atom. The molecule has 1 unspecified atom stereocenters. The van der Waals surface area contributed by atoms with Crippen LogP contribution in [0, 0.1) is 18.3 Å². The van der Waals surface area contributed by atoms with Gasteiger partial charge in [0.25, 0.3) is 0 Å². The van der Waals surface area contributed by atoms with Gasteiger partial charge >= 0.3 is 5.97 Å². The maximum Gasteiger partial charge on any atom is 0.337 e. The van der Waals surface area contributed by atoms with Crippen molar-refractivity contribution in [2.75, 3.05) is 17.7 Å². The molecule has 1 aliphatic rings. The van der Waals surface area contributed by atoms with Crippen molar-refractivity contribution in [1.82, 2.24) is 5.32 Å². The maximum atomic E-state index is 12.8. The van der Waals surface area contributed by atoms with E-state index in [9.17, 15) is 14.9 Å². The highest BCUT2D eigenvalue weighted by Crippen LogP contribution is 2.42. The summed E-state index contributed by atoms with van der Waals surface area (Å²) in [6.07, 6.45) is 1.49. The summed E-state index contributed by atoms with van der Waals surface area (Å²) in [5.74, 6) is -1.25. The van der Waals surface area contributed by atoms with Crippen molar-refractivity contribution in [2.24, 2.45) is 0 Å². The number of allylic oxidation sites excluding steroid dienone is 2. The van der Waals surface area contributed by atoms with Gasteiger partial charge in [-0.1, -0.05) is 48.2 Å². The van der Waals surface area contributed by atoms with E-state index in [2.05, 4.69) is 23.3 Å². The summed E-state index contributed by atoms with van der Waals surface area (Å²) in [7, 11) is 0. The number of amides is 1. The fourth-order valence-electron chi connectivity index (χ4n) is 3.30. The lowest BCUT2D eigenvalue weighted by molar-refractivity contribution is -0.138. The molecule has 1 aromatic carbocycles. The zero-order valence-electron chi connectivity index (χ0n) is 18.1. The summed E-state index contributed by atoms with van der Waals surface area (Å²) in [5.41, 5.74) is 2.85. The predicted molar refractivity (Wildman–Crippen MR) is 134 cm³/mol. The summed E-state index contributed by atoms with van der Waals surface area (Å²) >= 11 is 8.69. The number of esters is 1. The van der Waals surface area contributed by atoms with E-state index in [1.807, 2.05) is 30.5 Å². The van der Waals surface area contributed by atoms with Crippen molar-refractivity contribution in [3.8, 4) is 6.07 Å². The van der Waals surface area contributed by atoms with Gasteiger partial charge in [0, 0.05) is 21.3 Å². The average Bonchev–Trinajstić information content (AvgIpc) is 3.32. The summed E-state index contributed by atoms with van der Waals surface area (Å²) in [6, 6.07) is 11.3. The van der Waals surface area contributed by atoms with Crippen LogP contribution in [0.25, 0.3) is 0 Å². The van der Waals surface area contributed by atoms with Crippen LogP contribution in [0.15, 0.2) is 70.2 Å². The minimum atomic E-state index is -0.575. The molecule has 0 saturated carbocycles. The quantitative estimate of drug-likeness (QED) is 0.367. The number of thiophene rings is 1. The van der Waals surface area contributed by atoms with E-state index in [1.54, 1.807) is 19.1 Å². The lowest BCUT2D eigenvalue weighted by atomic mass is 9.87. The molecular weight excluding hydrogens is 478 g/mol. The number of rotatable bonds is 8. The highest BCUT2D eigenvalue weighted by atomic mass is 35.5. The first-order chi connectivity index (χ1) is 15.8. The Kier molecular flexibility index (Phi) is 8.39. The molecule has 1 atom stereocenters. The summed E-state index contributed by atoms with van der Waals surface area (Å²) < 4.78 is 5.28. The fraction of sp³-hybridized carbons (Fsp3) is 0.208. The number of benzene rings is 1. The van der Waals surface area contributed by atoms with E-state index in [1.165, 1.54) is 29.2 Å². The van der Waals surface area contributed by atoms with Crippen LogP contribution in [0.5, 0.6) is 0 Å². The second kappa shape index (κ2) is 11.2. The lowest BCUT2D eigenvalue weighted by Crippen LogP contribution is -2.29. The van der Waals surface area contributed by atoms with Crippen molar-refractivity contribution < 1.29 is 14.3 Å². The van der Waals surface area contributed by atoms with Crippen LogP contribution >= 0.6 is 34.7 Å². The number of carbonyl (C=O) groups is 2. The van der Waals surface area contributed by atoms with Gasteiger partial charge < -0.3 is 15.4 Å². The van der Waals surface area contributed by atoms with Crippen molar-refractivity contribution in [3.05, 3.63) is 85.7 Å². The summed E-state index contributed by atoms with van der Waals surface area (Å²) in [5, 5.41) is 18.9. The zero-order chi connectivity index (χ0) is 24.0. The Morgan fingerprint density at radius 3 is 2.85 bits per heavy atom. The molecule has 0 radical (unpaired) electrons. The van der Waals surface area contributed by atoms with Crippen LogP contribution in [-0.4, -0.2) is 24.2 Å². The molecule has 170 valence electrons. The lowest BCUT2D eigenvalue weighted by Gasteiger charge is -2.28. The minimum absolute atomic E-state index is 0.0696. The molecule has 3 rings (SSSR count). The molecular formula is C24H22ClN3O3S2. The molecule has 0 fully saturated rings. The van der Waals surface area contributed by atoms with Gasteiger partial charge in [0.05, 0.1) is 33.9 Å². The third-order valence-corrected chi connectivity index (χ3v) is 7.04. The van der Waals surface area contributed by atoms with Gasteiger partial charge in [0.2, 0.25) is 5.91 Å². The molecule has 0 spiro atoms. The Morgan fingerprint density at radius 2 is 2.18 bits per heavy atom. The number of hydrogen-bond acceptors (Lipinski definition) is 7. The van der Waals surface area contributed by atoms with Crippen LogP contribution < -0.4 is 10.6 Å². The van der Waals surface area contributed by atoms with Gasteiger partial charge in [-0.2, -0.15) is 5.26 Å². The van der Waals surface area contributed by atoms with E-state index in [0.717, 1.165) is 10.4 Å². The first-order valence-electron chi connectivity index (χ1n) is 9.98. The molecule has 2 heterocycles. The third kappa shape index (κ3) is 5.88. The van der Waals surface area contributed by atoms with Crippen LogP contribution in [-0.2, 0) is 14.3 Å². The largest absolute Gasteiger partial charge is 0.458 e. The molecule has 6 nitrogen and oxygen atoms in total. The monoisotopic (exact) mass is 499 g/mol. The SMILES string of the molecule is C=CCOC(=O)C1=C(C)NC(SCC(=O)Nc2cc(Cl)ccc2C)=C(C#N)C1c1cccs1. The molecule has 1 aliphatic heterocycles. The van der Waals surface area contributed by atoms with E-state index in [0.29, 0.717) is 32.6 Å². The fourth-order valence-corrected chi connectivity index (χ4v) is 5.21. The number of hydrogen-bond donors (Lipinski definition) is 2. The van der Waals surface area contributed by atoms with Gasteiger partial charge in [-0.25, -0.2) is 4.79 Å². The zero-order valence-corrected chi connectivity index (χ0v) is 20.5. The Balaban J connectivity index is 1.84. The van der Waals surface area contributed by atoms with Gasteiger partial charge in [-0.15, -0.1) is 11.3 Å². The number of ether oxygens (including phenoxy) is 1. The number of halogens is 1. The third-order valence-electron chi connectivity index (χ3n) is 4.85. The number of nitrogens with zero attached hydrogens (tertiary/aromatic N) is 1. The normalized spacial score (nSPS) is 15.5. The number of anilines is 1. The van der Waals surface area contributed by atoms with E-state index in [-0.39, 0.29) is 18.3 Å². The van der Waals surface area contributed by atoms with Crippen molar-refractivity contribution in [3.63, 3.8) is 0 Å². The average molecular weight is 500 g/mol. The number of carbonyl (C=O) groups excluding carboxylic acids is 2. The second-order valence-corrected chi connectivity index (χ2v) is 9.55. The Hall–Kier alpha value is -2.99. The number of aryl methyl sites for hydroxylation is 1. The van der Waals surface area contributed by atoms with E-state index < -0.39 is 11.9 Å². The number of thioether (sulfide) groups is 1. The highest BCUT2D eigenvalue weighted by molar-refractivity contribution is 8.03. The first kappa shape index (κ1) is 24.6. The smallest absolute Gasteiger partial charge is 0.337 e. The minimum Gasteiger partial charge on any atom is -0.458 e. The number of dihydropyridines is 1. The van der Waals surface area contributed by atoms with Crippen LogP contribution in [0.1, 0.15) is 23.3 Å².